The molecule has 5 heteroatoms. The van der Waals surface area contributed by atoms with Crippen molar-refractivity contribution in [1.29, 1.82) is 0 Å². The molecule has 0 saturated carbocycles. The molecule has 1 fully saturated rings. The molecule has 27 heavy (non-hydrogen) atoms. The van der Waals surface area contributed by atoms with Gasteiger partial charge in [0.15, 0.2) is 5.76 Å². The zero-order chi connectivity index (χ0) is 19.6. The smallest absolute Gasteiger partial charge is 0.284 e. The summed E-state index contributed by atoms with van der Waals surface area (Å²) in [7, 11) is 2.13. The molecular formula is C22H31N3O2. The van der Waals surface area contributed by atoms with Gasteiger partial charge in [-0.25, -0.2) is 0 Å². The lowest BCUT2D eigenvalue weighted by atomic mass is 9.90. The second-order valence-corrected chi connectivity index (χ2v) is 8.71. The maximum atomic E-state index is 11.5. The third-order valence-electron chi connectivity index (χ3n) is 5.15. The molecule has 2 aromatic rings. The van der Waals surface area contributed by atoms with Crippen LogP contribution < -0.4 is 10.6 Å². The number of para-hydroxylation sites is 1. The van der Waals surface area contributed by atoms with Crippen LogP contribution in [0.15, 0.2) is 40.8 Å². The molecule has 1 aliphatic rings. The van der Waals surface area contributed by atoms with Gasteiger partial charge in [-0.05, 0) is 37.6 Å². The van der Waals surface area contributed by atoms with Crippen molar-refractivity contribution >= 4 is 11.6 Å². The van der Waals surface area contributed by atoms with Crippen molar-refractivity contribution in [3.8, 4) is 0 Å². The highest BCUT2D eigenvalue weighted by Gasteiger charge is 2.27. The summed E-state index contributed by atoms with van der Waals surface area (Å²) in [6.07, 6.45) is 1.20. The van der Waals surface area contributed by atoms with Crippen LogP contribution in [0.3, 0.4) is 0 Å². The van der Waals surface area contributed by atoms with Gasteiger partial charge in [-0.1, -0.05) is 39.0 Å². The fourth-order valence-corrected chi connectivity index (χ4v) is 3.95. The average molecular weight is 370 g/mol. The molecule has 1 aliphatic heterocycles. The summed E-state index contributed by atoms with van der Waals surface area (Å²) in [6.45, 7) is 10.2. The standard InChI is InChI=1S/C22H31N3O2/c1-22(2,3)20-17(12-19(27-20)21(23)26)15-24(4)13-16-10-11-25(14-16)18-8-6-5-7-9-18/h5-9,12,16H,10-11,13-15H2,1-4H3,(H2,23,26). The van der Waals surface area contributed by atoms with Crippen molar-refractivity contribution in [3.05, 3.63) is 53.5 Å². The highest BCUT2D eigenvalue weighted by atomic mass is 16.4. The third kappa shape index (κ3) is 4.72. The number of primary amides is 1. The predicted molar refractivity (Wildman–Crippen MR) is 109 cm³/mol. The summed E-state index contributed by atoms with van der Waals surface area (Å²) >= 11 is 0. The Morgan fingerprint density at radius 1 is 1.30 bits per heavy atom. The average Bonchev–Trinajstić information content (AvgIpc) is 3.22. The van der Waals surface area contributed by atoms with E-state index >= 15 is 0 Å². The first-order valence-corrected chi connectivity index (χ1v) is 9.65. The number of furan rings is 1. The molecule has 1 saturated heterocycles. The maximum Gasteiger partial charge on any atom is 0.284 e. The van der Waals surface area contributed by atoms with Crippen molar-refractivity contribution < 1.29 is 9.21 Å². The highest BCUT2D eigenvalue weighted by Crippen LogP contribution is 2.30. The first kappa shape index (κ1) is 19.5. The maximum absolute atomic E-state index is 11.5. The summed E-state index contributed by atoms with van der Waals surface area (Å²) in [6, 6.07) is 12.4. The van der Waals surface area contributed by atoms with Crippen LogP contribution in [0.1, 0.15) is 49.1 Å². The molecule has 1 amide bonds. The molecule has 5 nitrogen and oxygen atoms in total. The van der Waals surface area contributed by atoms with E-state index < -0.39 is 5.91 Å². The number of amides is 1. The molecule has 3 rings (SSSR count). The van der Waals surface area contributed by atoms with Crippen LogP contribution in [0.4, 0.5) is 5.69 Å². The number of nitrogens with two attached hydrogens (primary N) is 1. The van der Waals surface area contributed by atoms with Gasteiger partial charge in [-0.2, -0.15) is 0 Å². The number of rotatable bonds is 6. The summed E-state index contributed by atoms with van der Waals surface area (Å²) in [5.74, 6) is 1.22. The van der Waals surface area contributed by atoms with E-state index in [1.54, 1.807) is 0 Å². The van der Waals surface area contributed by atoms with Crippen molar-refractivity contribution in [3.63, 3.8) is 0 Å². The zero-order valence-corrected chi connectivity index (χ0v) is 16.9. The normalized spacial score (nSPS) is 17.7. The van der Waals surface area contributed by atoms with Crippen LogP contribution in [-0.4, -0.2) is 37.5 Å². The Bertz CT molecular complexity index is 777. The van der Waals surface area contributed by atoms with Gasteiger partial charge in [0.1, 0.15) is 5.76 Å². The third-order valence-corrected chi connectivity index (χ3v) is 5.15. The Labute approximate surface area is 162 Å². The second-order valence-electron chi connectivity index (χ2n) is 8.71. The van der Waals surface area contributed by atoms with Gasteiger partial charge in [0.2, 0.25) is 0 Å². The lowest BCUT2D eigenvalue weighted by molar-refractivity contribution is 0.0970. The van der Waals surface area contributed by atoms with Gasteiger partial charge >= 0.3 is 0 Å². The molecule has 0 radical (unpaired) electrons. The monoisotopic (exact) mass is 369 g/mol. The Morgan fingerprint density at radius 2 is 2.00 bits per heavy atom. The fraction of sp³-hybridized carbons (Fsp3) is 0.500. The molecule has 2 heterocycles. The first-order valence-electron chi connectivity index (χ1n) is 9.65. The Kier molecular flexibility index (Phi) is 5.61. The van der Waals surface area contributed by atoms with E-state index in [1.807, 2.05) is 6.07 Å². The minimum Gasteiger partial charge on any atom is -0.455 e. The molecule has 0 aliphatic carbocycles. The van der Waals surface area contributed by atoms with E-state index in [1.165, 1.54) is 12.1 Å². The number of carbonyl (C=O) groups is 1. The van der Waals surface area contributed by atoms with Gasteiger partial charge in [0, 0.05) is 42.8 Å². The fourth-order valence-electron chi connectivity index (χ4n) is 3.95. The quantitative estimate of drug-likeness (QED) is 0.844. The summed E-state index contributed by atoms with van der Waals surface area (Å²) in [4.78, 5) is 16.3. The van der Waals surface area contributed by atoms with Gasteiger partial charge in [0.25, 0.3) is 5.91 Å². The number of hydrogen-bond acceptors (Lipinski definition) is 4. The number of anilines is 1. The van der Waals surface area contributed by atoms with Crippen molar-refractivity contribution in [2.24, 2.45) is 11.7 Å². The number of nitrogens with zero attached hydrogens (tertiary/aromatic N) is 2. The topological polar surface area (TPSA) is 62.7 Å². The molecule has 1 unspecified atom stereocenters. The summed E-state index contributed by atoms with van der Waals surface area (Å²) in [5, 5.41) is 0. The van der Waals surface area contributed by atoms with Crippen LogP contribution in [0.25, 0.3) is 0 Å². The molecule has 2 N–H and O–H groups in total. The van der Waals surface area contributed by atoms with Crippen LogP contribution in [-0.2, 0) is 12.0 Å². The lowest BCUT2D eigenvalue weighted by Crippen LogP contribution is -2.28. The van der Waals surface area contributed by atoms with Gasteiger partial charge in [-0.15, -0.1) is 0 Å². The van der Waals surface area contributed by atoms with Crippen molar-refractivity contribution in [1.82, 2.24) is 4.90 Å². The molecule has 146 valence electrons. The van der Waals surface area contributed by atoms with E-state index in [9.17, 15) is 4.79 Å². The van der Waals surface area contributed by atoms with Crippen molar-refractivity contribution in [2.45, 2.75) is 39.2 Å². The van der Waals surface area contributed by atoms with E-state index in [-0.39, 0.29) is 11.2 Å². The summed E-state index contributed by atoms with van der Waals surface area (Å²) < 4.78 is 5.78. The number of hydrogen-bond donors (Lipinski definition) is 1. The van der Waals surface area contributed by atoms with E-state index in [4.69, 9.17) is 10.2 Å². The number of benzene rings is 1. The van der Waals surface area contributed by atoms with Crippen molar-refractivity contribution in [2.75, 3.05) is 31.6 Å². The highest BCUT2D eigenvalue weighted by molar-refractivity contribution is 5.90. The molecule has 0 bridgehead atoms. The lowest BCUT2D eigenvalue weighted by Gasteiger charge is -2.24. The predicted octanol–water partition coefficient (Wildman–Crippen LogP) is 3.63. The molecule has 1 atom stereocenters. The second kappa shape index (κ2) is 7.77. The van der Waals surface area contributed by atoms with Gasteiger partial charge < -0.3 is 20.0 Å². The van der Waals surface area contributed by atoms with Gasteiger partial charge in [-0.3, -0.25) is 4.79 Å². The number of carbonyl (C=O) groups excluding carboxylic acids is 1. The van der Waals surface area contributed by atoms with E-state index in [0.29, 0.717) is 5.92 Å². The molecular weight excluding hydrogens is 338 g/mol. The van der Waals surface area contributed by atoms with E-state index in [2.05, 4.69) is 68.0 Å². The largest absolute Gasteiger partial charge is 0.455 e. The van der Waals surface area contributed by atoms with Crippen LogP contribution >= 0.6 is 0 Å². The van der Waals surface area contributed by atoms with Crippen LogP contribution in [0, 0.1) is 5.92 Å². The summed E-state index contributed by atoms with van der Waals surface area (Å²) in [5.41, 5.74) is 7.61. The van der Waals surface area contributed by atoms with Crippen LogP contribution in [0.2, 0.25) is 0 Å². The Hall–Kier alpha value is -2.27. The molecule has 1 aromatic carbocycles. The minimum atomic E-state index is -0.510. The Morgan fingerprint density at radius 3 is 2.63 bits per heavy atom. The van der Waals surface area contributed by atoms with Gasteiger partial charge in [0.05, 0.1) is 0 Å². The molecule has 1 aromatic heterocycles. The van der Waals surface area contributed by atoms with E-state index in [0.717, 1.165) is 37.5 Å². The first-order chi connectivity index (χ1) is 12.7. The molecule has 0 spiro atoms. The zero-order valence-electron chi connectivity index (χ0n) is 16.9. The SMILES string of the molecule is CN(Cc1cc(C(N)=O)oc1C(C)(C)C)CC1CCN(c2ccccc2)C1. The van der Waals surface area contributed by atoms with Crippen LogP contribution in [0.5, 0.6) is 0 Å². The Balaban J connectivity index is 1.63. The minimum absolute atomic E-state index is 0.165.